The van der Waals surface area contributed by atoms with Gasteiger partial charge in [0.25, 0.3) is 5.91 Å². The predicted octanol–water partition coefficient (Wildman–Crippen LogP) is 2.96. The summed E-state index contributed by atoms with van der Waals surface area (Å²) < 4.78 is 19.5. The maximum absolute atomic E-state index is 13.5. The first-order chi connectivity index (χ1) is 13.9. The van der Waals surface area contributed by atoms with Gasteiger partial charge in [-0.05, 0) is 31.9 Å². The molecular weight excluding hydrogens is 395 g/mol. The number of hydrogen-bond donors (Lipinski definition) is 1. The van der Waals surface area contributed by atoms with Crippen LogP contribution in [0.3, 0.4) is 0 Å². The van der Waals surface area contributed by atoms with Crippen molar-refractivity contribution in [1.82, 2.24) is 24.8 Å². The molecule has 8 nitrogen and oxygen atoms in total. The van der Waals surface area contributed by atoms with Gasteiger partial charge in [0, 0.05) is 26.4 Å². The van der Waals surface area contributed by atoms with Crippen LogP contribution in [0.2, 0.25) is 0 Å². The number of carbonyl (C=O) groups excluding carboxylic acids is 1. The van der Waals surface area contributed by atoms with Gasteiger partial charge in [0.15, 0.2) is 11.3 Å². The van der Waals surface area contributed by atoms with E-state index in [4.69, 9.17) is 4.74 Å². The van der Waals surface area contributed by atoms with Crippen molar-refractivity contribution in [1.29, 1.82) is 0 Å². The molecule has 4 rings (SSSR count). The number of aromatic nitrogens is 4. The summed E-state index contributed by atoms with van der Waals surface area (Å²) >= 11 is 1.40. The van der Waals surface area contributed by atoms with Crippen molar-refractivity contribution in [3.05, 3.63) is 40.5 Å². The average molecular weight is 416 g/mol. The first kappa shape index (κ1) is 19.6. The molecule has 1 fully saturated rings. The summed E-state index contributed by atoms with van der Waals surface area (Å²) in [6, 6.07) is 1.10. The number of amides is 1. The lowest BCUT2D eigenvalue weighted by molar-refractivity contribution is 0.0721. The second-order valence-corrected chi connectivity index (χ2v) is 8.18. The van der Waals surface area contributed by atoms with E-state index >= 15 is 0 Å². The number of anilines is 1. The Morgan fingerprint density at radius 2 is 2.21 bits per heavy atom. The fourth-order valence-corrected chi connectivity index (χ4v) is 4.17. The van der Waals surface area contributed by atoms with Crippen molar-refractivity contribution in [2.45, 2.75) is 32.4 Å². The minimum Gasteiger partial charge on any atom is -0.380 e. The highest BCUT2D eigenvalue weighted by Crippen LogP contribution is 2.28. The van der Waals surface area contributed by atoms with Gasteiger partial charge in [-0.15, -0.1) is 11.3 Å². The van der Waals surface area contributed by atoms with Crippen LogP contribution in [-0.4, -0.2) is 57.0 Å². The zero-order chi connectivity index (χ0) is 20.5. The zero-order valence-corrected chi connectivity index (χ0v) is 17.2. The molecule has 0 radical (unpaired) electrons. The van der Waals surface area contributed by atoms with E-state index in [1.54, 1.807) is 18.2 Å². The van der Waals surface area contributed by atoms with Gasteiger partial charge in [-0.2, -0.15) is 4.98 Å². The van der Waals surface area contributed by atoms with Crippen LogP contribution in [0.5, 0.6) is 0 Å². The van der Waals surface area contributed by atoms with Gasteiger partial charge in [-0.1, -0.05) is 0 Å². The molecule has 1 amide bonds. The second kappa shape index (κ2) is 7.96. The summed E-state index contributed by atoms with van der Waals surface area (Å²) in [7, 11) is 1.65. The van der Waals surface area contributed by atoms with Gasteiger partial charge < -0.3 is 15.0 Å². The van der Waals surface area contributed by atoms with Crippen LogP contribution in [0.25, 0.3) is 10.3 Å². The van der Waals surface area contributed by atoms with Crippen LogP contribution < -0.4 is 5.32 Å². The maximum Gasteiger partial charge on any atom is 0.274 e. The number of thiazole rings is 1. The Kier molecular flexibility index (Phi) is 5.37. The Balaban J connectivity index is 1.66. The van der Waals surface area contributed by atoms with E-state index in [1.165, 1.54) is 17.4 Å². The third-order valence-corrected chi connectivity index (χ3v) is 5.87. The van der Waals surface area contributed by atoms with Crippen LogP contribution in [0.4, 0.5) is 10.3 Å². The standard InChI is InChI=1S/C19H21FN6O2S/c1-10(12-6-13(20)8-21-7-12)22-19-24-15(16-17(25-19)23-11(2)29-16)18(27)26-5-4-14(9-26)28-3/h6-8,10,14H,4-5,9H2,1-3H3,(H,22,24,25)/t10?,14-/m0/s1. The van der Waals surface area contributed by atoms with Gasteiger partial charge in [-0.25, -0.2) is 14.4 Å². The second-order valence-electron chi connectivity index (χ2n) is 6.98. The number of hydrogen-bond acceptors (Lipinski definition) is 8. The molecule has 10 heteroatoms. The van der Waals surface area contributed by atoms with Crippen LogP contribution in [0.1, 0.15) is 40.4 Å². The van der Waals surface area contributed by atoms with E-state index in [9.17, 15) is 9.18 Å². The molecule has 0 saturated carbocycles. The van der Waals surface area contributed by atoms with Gasteiger partial charge in [-0.3, -0.25) is 9.78 Å². The number of carbonyl (C=O) groups is 1. The highest BCUT2D eigenvalue weighted by atomic mass is 32.1. The highest BCUT2D eigenvalue weighted by Gasteiger charge is 2.30. The molecule has 4 heterocycles. The number of nitrogens with one attached hydrogen (secondary N) is 1. The summed E-state index contributed by atoms with van der Waals surface area (Å²) in [5, 5.41) is 3.94. The maximum atomic E-state index is 13.5. The Morgan fingerprint density at radius 1 is 1.38 bits per heavy atom. The lowest BCUT2D eigenvalue weighted by atomic mass is 10.1. The van der Waals surface area contributed by atoms with E-state index in [-0.39, 0.29) is 24.0 Å². The molecule has 29 heavy (non-hydrogen) atoms. The number of ether oxygens (including phenoxy) is 1. The van der Waals surface area contributed by atoms with Gasteiger partial charge in [0.1, 0.15) is 10.5 Å². The van der Waals surface area contributed by atoms with Crippen molar-refractivity contribution < 1.29 is 13.9 Å². The fraction of sp³-hybridized carbons (Fsp3) is 0.421. The largest absolute Gasteiger partial charge is 0.380 e. The van der Waals surface area contributed by atoms with Crippen LogP contribution in [0, 0.1) is 12.7 Å². The van der Waals surface area contributed by atoms with Crippen LogP contribution in [0.15, 0.2) is 18.5 Å². The average Bonchev–Trinajstić information content (AvgIpc) is 3.32. The lowest BCUT2D eigenvalue weighted by Crippen LogP contribution is -2.31. The van der Waals surface area contributed by atoms with Crippen LogP contribution in [-0.2, 0) is 4.74 Å². The number of methoxy groups -OCH3 is 1. The molecule has 2 atom stereocenters. The highest BCUT2D eigenvalue weighted by molar-refractivity contribution is 7.18. The molecule has 3 aromatic rings. The topological polar surface area (TPSA) is 93.1 Å². The molecule has 1 saturated heterocycles. The summed E-state index contributed by atoms with van der Waals surface area (Å²) in [5.74, 6) is -0.311. The molecule has 3 aromatic heterocycles. The number of pyridine rings is 1. The van der Waals surface area contributed by atoms with Crippen molar-refractivity contribution in [3.8, 4) is 0 Å². The number of nitrogens with zero attached hydrogens (tertiary/aromatic N) is 5. The first-order valence-corrected chi connectivity index (χ1v) is 10.1. The monoisotopic (exact) mass is 416 g/mol. The third-order valence-electron chi connectivity index (χ3n) is 4.90. The van der Waals surface area contributed by atoms with E-state index < -0.39 is 5.82 Å². The molecule has 1 aliphatic heterocycles. The molecule has 152 valence electrons. The van der Waals surface area contributed by atoms with Gasteiger partial charge in [0.05, 0.1) is 23.4 Å². The normalized spacial score (nSPS) is 17.7. The molecule has 0 aliphatic carbocycles. The van der Waals surface area contributed by atoms with Crippen LogP contribution >= 0.6 is 11.3 Å². The molecule has 1 N–H and O–H groups in total. The third kappa shape index (κ3) is 4.03. The van der Waals surface area contributed by atoms with E-state index in [1.807, 2.05) is 13.8 Å². The lowest BCUT2D eigenvalue weighted by Gasteiger charge is -2.17. The Hall–Kier alpha value is -2.72. The summed E-state index contributed by atoms with van der Waals surface area (Å²) in [4.78, 5) is 32.2. The fourth-order valence-electron chi connectivity index (χ4n) is 3.33. The van der Waals surface area contributed by atoms with Crippen molar-refractivity contribution in [2.24, 2.45) is 0 Å². The molecule has 0 aromatic carbocycles. The Morgan fingerprint density at radius 3 is 2.93 bits per heavy atom. The van der Waals surface area contributed by atoms with Gasteiger partial charge >= 0.3 is 0 Å². The number of aryl methyl sites for hydroxylation is 1. The quantitative estimate of drug-likeness (QED) is 0.683. The van der Waals surface area contributed by atoms with Crippen molar-refractivity contribution in [2.75, 3.05) is 25.5 Å². The van der Waals surface area contributed by atoms with E-state index in [2.05, 4.69) is 25.3 Å². The summed E-state index contributed by atoms with van der Waals surface area (Å²) in [6.07, 6.45) is 3.56. The number of fused-ring (bicyclic) bond motifs is 1. The van der Waals surface area contributed by atoms with Crippen molar-refractivity contribution in [3.63, 3.8) is 0 Å². The minimum absolute atomic E-state index is 0.0394. The first-order valence-electron chi connectivity index (χ1n) is 9.29. The number of halogens is 1. The summed E-state index contributed by atoms with van der Waals surface area (Å²) in [5.41, 5.74) is 1.45. The SMILES string of the molecule is CO[C@H]1CCN(C(=O)c2nc(NC(C)c3cncc(F)c3)nc3nc(C)sc23)C1. The molecule has 1 aliphatic rings. The predicted molar refractivity (Wildman–Crippen MR) is 107 cm³/mol. The zero-order valence-electron chi connectivity index (χ0n) is 16.3. The minimum atomic E-state index is -0.416. The summed E-state index contributed by atoms with van der Waals surface area (Å²) in [6.45, 7) is 4.87. The number of likely N-dealkylation sites (tertiary alicyclic amines) is 1. The molecule has 0 bridgehead atoms. The molecule has 1 unspecified atom stereocenters. The van der Waals surface area contributed by atoms with Crippen molar-refractivity contribution >= 4 is 33.5 Å². The number of rotatable bonds is 5. The van der Waals surface area contributed by atoms with E-state index in [0.717, 1.165) is 17.6 Å². The Labute approximate surface area is 171 Å². The smallest absolute Gasteiger partial charge is 0.274 e. The molecule has 0 spiro atoms. The van der Waals surface area contributed by atoms with Gasteiger partial charge in [0.2, 0.25) is 5.95 Å². The molecular formula is C19H21FN6O2S. The van der Waals surface area contributed by atoms with E-state index in [0.29, 0.717) is 34.7 Å². The Bertz CT molecular complexity index is 1060.